The number of carbonyl (C=O) groups is 1. The summed E-state index contributed by atoms with van der Waals surface area (Å²) in [5.74, 6) is -3.94. The molecule has 0 spiro atoms. The van der Waals surface area contributed by atoms with Crippen molar-refractivity contribution in [2.75, 3.05) is 12.1 Å². The number of ether oxygens (including phenoxy) is 1. The van der Waals surface area contributed by atoms with Gasteiger partial charge in [0.25, 0.3) is 0 Å². The highest BCUT2D eigenvalue weighted by atomic mass is 79.9. The maximum atomic E-state index is 13.3. The predicted octanol–water partition coefficient (Wildman–Crippen LogP) is 2.57. The summed E-state index contributed by atoms with van der Waals surface area (Å²) in [6.07, 6.45) is 0.189. The van der Waals surface area contributed by atoms with E-state index < -0.39 is 23.2 Å². The monoisotopic (exact) mass is 294 g/mol. The van der Waals surface area contributed by atoms with Gasteiger partial charge in [0.2, 0.25) is 0 Å². The molecule has 0 heterocycles. The minimum atomic E-state index is -1.49. The number of halogens is 3. The van der Waals surface area contributed by atoms with E-state index in [-0.39, 0.29) is 18.6 Å². The van der Waals surface area contributed by atoms with E-state index >= 15 is 0 Å². The van der Waals surface area contributed by atoms with Gasteiger partial charge in [0.05, 0.1) is 12.2 Å². The van der Waals surface area contributed by atoms with Crippen molar-refractivity contribution in [3.8, 4) is 0 Å². The molecule has 0 atom stereocenters. The first-order chi connectivity index (χ1) is 7.57. The van der Waals surface area contributed by atoms with Crippen LogP contribution in [0.15, 0.2) is 12.1 Å². The molecule has 0 radical (unpaired) electrons. The SMILES string of the molecule is O=C(O)c1ccc(CCOCBr)c(F)c1F. The summed E-state index contributed by atoms with van der Waals surface area (Å²) in [6, 6.07) is 2.30. The molecule has 0 saturated heterocycles. The molecular formula is C10H9BrF2O3. The van der Waals surface area contributed by atoms with Crippen LogP contribution >= 0.6 is 15.9 Å². The average molecular weight is 295 g/mol. The number of hydrogen-bond acceptors (Lipinski definition) is 2. The fourth-order valence-corrected chi connectivity index (χ4v) is 1.41. The molecule has 1 aromatic carbocycles. The summed E-state index contributed by atoms with van der Waals surface area (Å²) in [7, 11) is 0. The molecule has 0 aromatic heterocycles. The van der Waals surface area contributed by atoms with Gasteiger partial charge in [-0.3, -0.25) is 0 Å². The van der Waals surface area contributed by atoms with E-state index in [0.717, 1.165) is 6.07 Å². The summed E-state index contributed by atoms with van der Waals surface area (Å²) >= 11 is 3.02. The Kier molecular flexibility index (Phi) is 4.82. The maximum Gasteiger partial charge on any atom is 0.338 e. The molecule has 0 fully saturated rings. The van der Waals surface area contributed by atoms with Crippen LogP contribution in [0.2, 0.25) is 0 Å². The summed E-state index contributed by atoms with van der Waals surface area (Å²) in [5.41, 5.74) is -0.254. The maximum absolute atomic E-state index is 13.3. The van der Waals surface area contributed by atoms with Crippen LogP contribution < -0.4 is 0 Å². The molecule has 0 saturated carbocycles. The summed E-state index contributed by atoms with van der Waals surface area (Å²) < 4.78 is 31.5. The largest absolute Gasteiger partial charge is 0.478 e. The Bertz CT molecular complexity index is 396. The summed E-state index contributed by atoms with van der Waals surface area (Å²) in [5, 5.41) is 8.56. The molecule has 0 aliphatic heterocycles. The standard InChI is InChI=1S/C10H9BrF2O3/c11-5-16-4-3-6-1-2-7(10(14)15)9(13)8(6)12/h1-2H,3-5H2,(H,14,15). The number of hydrogen-bond donors (Lipinski definition) is 1. The summed E-state index contributed by atoms with van der Waals surface area (Å²) in [4.78, 5) is 10.5. The van der Waals surface area contributed by atoms with Gasteiger partial charge in [-0.2, -0.15) is 0 Å². The lowest BCUT2D eigenvalue weighted by molar-refractivity contribution is 0.0690. The van der Waals surface area contributed by atoms with Crippen LogP contribution in [0.4, 0.5) is 8.78 Å². The van der Waals surface area contributed by atoms with Crippen molar-refractivity contribution in [1.29, 1.82) is 0 Å². The molecule has 1 rings (SSSR count). The van der Waals surface area contributed by atoms with Gasteiger partial charge in [0.15, 0.2) is 11.6 Å². The second kappa shape index (κ2) is 5.91. The van der Waals surface area contributed by atoms with Crippen molar-refractivity contribution < 1.29 is 23.4 Å². The van der Waals surface area contributed by atoms with Gasteiger partial charge in [-0.1, -0.05) is 22.0 Å². The van der Waals surface area contributed by atoms with Crippen molar-refractivity contribution in [3.63, 3.8) is 0 Å². The topological polar surface area (TPSA) is 46.5 Å². The van der Waals surface area contributed by atoms with Gasteiger partial charge in [-0.05, 0) is 18.1 Å². The van der Waals surface area contributed by atoms with Crippen molar-refractivity contribution >= 4 is 21.9 Å². The number of carboxylic acids is 1. The molecule has 0 amide bonds. The van der Waals surface area contributed by atoms with Crippen LogP contribution in [-0.4, -0.2) is 23.2 Å². The molecule has 0 unspecified atom stereocenters. The zero-order valence-electron chi connectivity index (χ0n) is 8.17. The highest BCUT2D eigenvalue weighted by Crippen LogP contribution is 2.17. The van der Waals surface area contributed by atoms with Crippen LogP contribution in [0.5, 0.6) is 0 Å². The normalized spacial score (nSPS) is 10.4. The van der Waals surface area contributed by atoms with Crippen LogP contribution in [0, 0.1) is 11.6 Å². The Morgan fingerprint density at radius 1 is 1.38 bits per heavy atom. The van der Waals surface area contributed by atoms with Crippen molar-refractivity contribution in [1.82, 2.24) is 0 Å². The molecule has 88 valence electrons. The van der Waals surface area contributed by atoms with E-state index in [1.165, 1.54) is 6.07 Å². The molecule has 16 heavy (non-hydrogen) atoms. The van der Waals surface area contributed by atoms with Gasteiger partial charge < -0.3 is 9.84 Å². The molecule has 1 N–H and O–H groups in total. The minimum Gasteiger partial charge on any atom is -0.478 e. The minimum absolute atomic E-state index is 0.100. The van der Waals surface area contributed by atoms with Crippen LogP contribution in [0.1, 0.15) is 15.9 Å². The van der Waals surface area contributed by atoms with Gasteiger partial charge >= 0.3 is 5.97 Å². The van der Waals surface area contributed by atoms with Gasteiger partial charge in [0, 0.05) is 0 Å². The number of aromatic carboxylic acids is 1. The molecule has 0 aliphatic rings. The third kappa shape index (κ3) is 2.99. The quantitative estimate of drug-likeness (QED) is 0.671. The van der Waals surface area contributed by atoms with E-state index in [1.807, 2.05) is 0 Å². The average Bonchev–Trinajstić information content (AvgIpc) is 2.24. The van der Waals surface area contributed by atoms with E-state index in [1.54, 1.807) is 0 Å². The third-order valence-corrected chi connectivity index (χ3v) is 2.31. The first-order valence-corrected chi connectivity index (χ1v) is 5.54. The molecule has 1 aromatic rings. The highest BCUT2D eigenvalue weighted by molar-refractivity contribution is 9.09. The highest BCUT2D eigenvalue weighted by Gasteiger charge is 2.17. The van der Waals surface area contributed by atoms with Crippen LogP contribution in [0.3, 0.4) is 0 Å². The first kappa shape index (κ1) is 13.1. The first-order valence-electron chi connectivity index (χ1n) is 4.41. The van der Waals surface area contributed by atoms with Crippen LogP contribution in [-0.2, 0) is 11.2 Å². The fraction of sp³-hybridized carbons (Fsp3) is 0.300. The molecule has 0 bridgehead atoms. The Labute approximate surface area is 99.2 Å². The second-order valence-electron chi connectivity index (χ2n) is 2.97. The smallest absolute Gasteiger partial charge is 0.338 e. The fourth-order valence-electron chi connectivity index (χ4n) is 1.18. The van der Waals surface area contributed by atoms with E-state index in [2.05, 4.69) is 15.9 Å². The Morgan fingerprint density at radius 3 is 2.62 bits per heavy atom. The van der Waals surface area contributed by atoms with Crippen molar-refractivity contribution in [3.05, 3.63) is 34.9 Å². The van der Waals surface area contributed by atoms with Crippen molar-refractivity contribution in [2.45, 2.75) is 6.42 Å². The Balaban J connectivity index is 2.89. The van der Waals surface area contributed by atoms with Crippen molar-refractivity contribution in [2.24, 2.45) is 0 Å². The Hall–Kier alpha value is -1.01. The number of carboxylic acid groups (broad SMARTS) is 1. The lowest BCUT2D eigenvalue weighted by Gasteiger charge is -2.05. The lowest BCUT2D eigenvalue weighted by Crippen LogP contribution is -2.07. The number of alkyl halides is 1. The second-order valence-corrected chi connectivity index (χ2v) is 3.43. The molecule has 6 heteroatoms. The van der Waals surface area contributed by atoms with Gasteiger partial charge in [0.1, 0.15) is 5.52 Å². The van der Waals surface area contributed by atoms with E-state index in [0.29, 0.717) is 5.52 Å². The van der Waals surface area contributed by atoms with Gasteiger partial charge in [-0.15, -0.1) is 0 Å². The van der Waals surface area contributed by atoms with E-state index in [9.17, 15) is 13.6 Å². The van der Waals surface area contributed by atoms with E-state index in [4.69, 9.17) is 9.84 Å². The number of benzene rings is 1. The summed E-state index contributed by atoms with van der Waals surface area (Å²) in [6.45, 7) is 0.230. The van der Waals surface area contributed by atoms with Gasteiger partial charge in [-0.25, -0.2) is 13.6 Å². The predicted molar refractivity (Wildman–Crippen MR) is 56.8 cm³/mol. The number of rotatable bonds is 5. The molecule has 0 aliphatic carbocycles. The third-order valence-electron chi connectivity index (χ3n) is 1.99. The van der Waals surface area contributed by atoms with Crippen LogP contribution in [0.25, 0.3) is 0 Å². The zero-order chi connectivity index (χ0) is 12.1. The molecule has 3 nitrogen and oxygen atoms in total. The Morgan fingerprint density at radius 2 is 2.06 bits per heavy atom. The lowest BCUT2D eigenvalue weighted by atomic mass is 10.1. The molecular weight excluding hydrogens is 286 g/mol. The zero-order valence-corrected chi connectivity index (χ0v) is 9.76.